The minimum absolute atomic E-state index is 0.0770. The lowest BCUT2D eigenvalue weighted by Crippen LogP contribution is -2.46. The largest absolute Gasteiger partial charge is 0.443 e. The van der Waals surface area contributed by atoms with Gasteiger partial charge in [-0.2, -0.15) is 0 Å². The predicted octanol–water partition coefficient (Wildman–Crippen LogP) is 1.76. The summed E-state index contributed by atoms with van der Waals surface area (Å²) in [6.07, 6.45) is -3.37. The third-order valence-corrected chi connectivity index (χ3v) is 7.00. The van der Waals surface area contributed by atoms with Crippen molar-refractivity contribution >= 4 is 21.8 Å². The number of ether oxygens (including phenoxy) is 2. The van der Waals surface area contributed by atoms with Gasteiger partial charge in [0.15, 0.2) is 0 Å². The van der Waals surface area contributed by atoms with Crippen LogP contribution in [0.2, 0.25) is 0 Å². The Labute approximate surface area is 202 Å². The molecule has 3 N–H and O–H groups in total. The normalized spacial score (nSPS) is 16.5. The summed E-state index contributed by atoms with van der Waals surface area (Å²) < 4.78 is 37.8. The van der Waals surface area contributed by atoms with Gasteiger partial charge in [0.2, 0.25) is 0 Å². The monoisotopic (exact) mass is 509 g/mol. The molecule has 13 heteroatoms. The lowest BCUT2D eigenvalue weighted by atomic mass is 10.0. The Morgan fingerprint density at radius 1 is 1.17 bits per heavy atom. The second-order valence-electron chi connectivity index (χ2n) is 7.89. The number of aliphatic hydroxyl groups is 1. The van der Waals surface area contributed by atoms with Crippen molar-refractivity contribution in [2.45, 2.75) is 42.5 Å². The molecule has 1 amide bonds. The molecular formula is C22H27N3O9S. The van der Waals surface area contributed by atoms with Crippen molar-refractivity contribution in [1.29, 1.82) is 0 Å². The SMILES string of the molecule is NC(=O)OC(Cc1ccccc1)C(O)CN(OC1CCOCC1)S(=O)(=O)c1ccc([N+](=O)[O-])cc1. The van der Waals surface area contributed by atoms with E-state index >= 15 is 0 Å². The minimum atomic E-state index is -4.36. The van der Waals surface area contributed by atoms with E-state index in [2.05, 4.69) is 0 Å². The predicted molar refractivity (Wildman–Crippen MR) is 123 cm³/mol. The molecule has 12 nitrogen and oxygen atoms in total. The van der Waals surface area contributed by atoms with Gasteiger partial charge in [-0.15, -0.1) is 0 Å². The molecule has 2 aromatic carbocycles. The molecule has 1 aliphatic rings. The second-order valence-corrected chi connectivity index (χ2v) is 9.72. The van der Waals surface area contributed by atoms with Crippen LogP contribution in [0.4, 0.5) is 10.5 Å². The van der Waals surface area contributed by atoms with Crippen LogP contribution in [0, 0.1) is 10.1 Å². The summed E-state index contributed by atoms with van der Waals surface area (Å²) >= 11 is 0. The second kappa shape index (κ2) is 12.0. The number of nitrogens with two attached hydrogens (primary N) is 1. The van der Waals surface area contributed by atoms with Gasteiger partial charge >= 0.3 is 6.09 Å². The van der Waals surface area contributed by atoms with E-state index in [0.29, 0.717) is 30.5 Å². The number of carbonyl (C=O) groups is 1. The molecule has 1 aliphatic heterocycles. The summed E-state index contributed by atoms with van der Waals surface area (Å²) in [6.45, 7) is 0.168. The fourth-order valence-electron chi connectivity index (χ4n) is 3.52. The van der Waals surface area contributed by atoms with E-state index in [4.69, 9.17) is 20.0 Å². The topological polar surface area (TPSA) is 172 Å². The minimum Gasteiger partial charge on any atom is -0.443 e. The van der Waals surface area contributed by atoms with E-state index in [9.17, 15) is 28.4 Å². The number of rotatable bonds is 11. The first-order valence-electron chi connectivity index (χ1n) is 10.9. The summed E-state index contributed by atoms with van der Waals surface area (Å²) in [5.74, 6) is 0. The first-order chi connectivity index (χ1) is 16.7. The van der Waals surface area contributed by atoms with Crippen LogP contribution in [0.25, 0.3) is 0 Å². The molecule has 0 aromatic heterocycles. The highest BCUT2D eigenvalue weighted by Crippen LogP contribution is 2.24. The maximum absolute atomic E-state index is 13.4. The first-order valence-corrected chi connectivity index (χ1v) is 12.3. The summed E-state index contributed by atoms with van der Waals surface area (Å²) in [5, 5.41) is 21.9. The number of non-ortho nitro benzene ring substituents is 1. The van der Waals surface area contributed by atoms with Crippen molar-refractivity contribution in [3.8, 4) is 0 Å². The maximum atomic E-state index is 13.4. The number of nitro groups is 1. The molecule has 0 saturated carbocycles. The molecular weight excluding hydrogens is 482 g/mol. The molecule has 0 spiro atoms. The van der Waals surface area contributed by atoms with Crippen molar-refractivity contribution < 1.29 is 37.6 Å². The van der Waals surface area contributed by atoms with E-state index in [-0.39, 0.29) is 17.0 Å². The molecule has 0 bridgehead atoms. The zero-order chi connectivity index (χ0) is 25.4. The van der Waals surface area contributed by atoms with Gasteiger partial charge in [0, 0.05) is 31.8 Å². The molecule has 2 atom stereocenters. The number of hydrogen-bond acceptors (Lipinski definition) is 9. The molecule has 2 unspecified atom stereocenters. The van der Waals surface area contributed by atoms with Gasteiger partial charge in [-0.3, -0.25) is 15.0 Å². The zero-order valence-corrected chi connectivity index (χ0v) is 19.6. The number of carbonyl (C=O) groups excluding carboxylic acids is 1. The Hall–Kier alpha value is -3.10. The lowest BCUT2D eigenvalue weighted by molar-refractivity contribution is -0.384. The number of amides is 1. The third-order valence-electron chi connectivity index (χ3n) is 5.36. The van der Waals surface area contributed by atoms with Gasteiger partial charge in [0.1, 0.15) is 12.2 Å². The Morgan fingerprint density at radius 2 is 1.80 bits per heavy atom. The highest BCUT2D eigenvalue weighted by Gasteiger charge is 2.35. The highest BCUT2D eigenvalue weighted by atomic mass is 32.2. The number of nitro benzene ring substituents is 1. The summed E-state index contributed by atoms with van der Waals surface area (Å²) in [5.41, 5.74) is 5.63. The average Bonchev–Trinajstić information content (AvgIpc) is 2.84. The van der Waals surface area contributed by atoms with Crippen molar-refractivity contribution in [3.05, 3.63) is 70.3 Å². The van der Waals surface area contributed by atoms with E-state index in [1.807, 2.05) is 0 Å². The molecule has 1 fully saturated rings. The number of hydrogen-bond donors (Lipinski definition) is 2. The van der Waals surface area contributed by atoms with E-state index < -0.39 is 45.9 Å². The molecule has 2 aromatic rings. The first kappa shape index (κ1) is 26.5. The van der Waals surface area contributed by atoms with Gasteiger partial charge in [-0.05, 0) is 30.5 Å². The van der Waals surface area contributed by atoms with Crippen LogP contribution < -0.4 is 5.73 Å². The Balaban J connectivity index is 1.86. The van der Waals surface area contributed by atoms with Gasteiger partial charge in [-0.1, -0.05) is 34.8 Å². The van der Waals surface area contributed by atoms with Crippen LogP contribution >= 0.6 is 0 Å². The zero-order valence-electron chi connectivity index (χ0n) is 18.8. The maximum Gasteiger partial charge on any atom is 0.404 e. The fourth-order valence-corrected chi connectivity index (χ4v) is 4.82. The van der Waals surface area contributed by atoms with Crippen LogP contribution in [0.3, 0.4) is 0 Å². The van der Waals surface area contributed by atoms with Gasteiger partial charge in [-0.25, -0.2) is 13.2 Å². The molecule has 35 heavy (non-hydrogen) atoms. The molecule has 1 saturated heterocycles. The number of nitrogens with zero attached hydrogens (tertiary/aromatic N) is 2. The molecule has 0 aliphatic carbocycles. The third kappa shape index (κ3) is 7.44. The van der Waals surface area contributed by atoms with Crippen LogP contribution in [0.15, 0.2) is 59.5 Å². The Morgan fingerprint density at radius 3 is 2.37 bits per heavy atom. The Bertz CT molecular complexity index is 1090. The smallest absolute Gasteiger partial charge is 0.404 e. The van der Waals surface area contributed by atoms with Crippen LogP contribution in [0.1, 0.15) is 18.4 Å². The van der Waals surface area contributed by atoms with Crippen molar-refractivity contribution in [2.24, 2.45) is 5.73 Å². The van der Waals surface area contributed by atoms with E-state index in [0.717, 1.165) is 29.8 Å². The fraction of sp³-hybridized carbons (Fsp3) is 0.409. The Kier molecular flexibility index (Phi) is 9.12. The van der Waals surface area contributed by atoms with Crippen molar-refractivity contribution in [3.63, 3.8) is 0 Å². The summed E-state index contributed by atoms with van der Waals surface area (Å²) in [4.78, 5) is 27.3. The molecule has 3 rings (SSSR count). The van der Waals surface area contributed by atoms with Gasteiger partial charge in [0.25, 0.3) is 15.7 Å². The van der Waals surface area contributed by atoms with Gasteiger partial charge in [0.05, 0.1) is 22.5 Å². The van der Waals surface area contributed by atoms with Crippen molar-refractivity contribution in [1.82, 2.24) is 4.47 Å². The lowest BCUT2D eigenvalue weighted by Gasteiger charge is -2.32. The molecule has 1 heterocycles. The van der Waals surface area contributed by atoms with E-state index in [1.54, 1.807) is 30.3 Å². The van der Waals surface area contributed by atoms with Crippen LogP contribution in [0.5, 0.6) is 0 Å². The number of benzene rings is 2. The van der Waals surface area contributed by atoms with Gasteiger partial charge < -0.3 is 20.3 Å². The van der Waals surface area contributed by atoms with E-state index in [1.165, 1.54) is 0 Å². The van der Waals surface area contributed by atoms with Crippen LogP contribution in [-0.4, -0.2) is 67.1 Å². The number of primary amides is 1. The number of hydroxylamine groups is 1. The van der Waals surface area contributed by atoms with Crippen molar-refractivity contribution in [2.75, 3.05) is 19.8 Å². The number of aliphatic hydroxyl groups excluding tert-OH is 1. The van der Waals surface area contributed by atoms with Crippen LogP contribution in [-0.2, 0) is 30.8 Å². The quantitative estimate of drug-likeness (QED) is 0.338. The highest BCUT2D eigenvalue weighted by molar-refractivity contribution is 7.89. The summed E-state index contributed by atoms with van der Waals surface area (Å²) in [7, 11) is -4.36. The number of sulfonamides is 1. The molecule has 0 radical (unpaired) electrons. The molecule has 190 valence electrons. The average molecular weight is 510 g/mol. The standard InChI is InChI=1S/C22H27N3O9S/c23-22(27)33-21(14-16-4-2-1-3-5-16)20(26)15-24(34-18-10-12-32-13-11-18)35(30,31)19-8-6-17(7-9-19)25(28)29/h1-9,18,20-21,26H,10-15H2,(H2,23,27). The summed E-state index contributed by atoms with van der Waals surface area (Å²) in [6, 6.07) is 13.1.